The average molecular weight is 296 g/mol. The highest BCUT2D eigenvalue weighted by molar-refractivity contribution is 7.15. The fourth-order valence-electron chi connectivity index (χ4n) is 2.42. The minimum atomic E-state index is -0.0443. The van der Waals surface area contributed by atoms with Gasteiger partial charge in [-0.1, -0.05) is 11.3 Å². The minimum Gasteiger partial charge on any atom is -0.465 e. The van der Waals surface area contributed by atoms with Crippen molar-refractivity contribution in [3.8, 4) is 0 Å². The molecule has 0 unspecified atom stereocenters. The molecule has 0 aliphatic rings. The van der Waals surface area contributed by atoms with E-state index in [1.807, 2.05) is 25.1 Å². The van der Waals surface area contributed by atoms with E-state index in [0.717, 1.165) is 21.6 Å². The van der Waals surface area contributed by atoms with Crippen molar-refractivity contribution in [1.29, 1.82) is 0 Å². The molecule has 0 atom stereocenters. The molecule has 3 aromatic heterocycles. The Kier molecular flexibility index (Phi) is 2.53. The van der Waals surface area contributed by atoms with E-state index in [-0.39, 0.29) is 5.56 Å². The van der Waals surface area contributed by atoms with Gasteiger partial charge in [-0.2, -0.15) is 0 Å². The first-order chi connectivity index (χ1) is 10.1. The van der Waals surface area contributed by atoms with Gasteiger partial charge in [-0.25, -0.2) is 9.38 Å². The molecule has 104 valence electrons. The Labute approximate surface area is 124 Å². The third kappa shape index (κ3) is 1.81. The number of aromatic nitrogens is 2. The van der Waals surface area contributed by atoms with Crippen LogP contribution in [0.3, 0.4) is 0 Å². The minimum absolute atomic E-state index is 0.0443. The van der Waals surface area contributed by atoms with Crippen molar-refractivity contribution >= 4 is 33.4 Å². The highest BCUT2D eigenvalue weighted by Crippen LogP contribution is 2.20. The summed E-state index contributed by atoms with van der Waals surface area (Å²) >= 11 is 1.38. The van der Waals surface area contributed by atoms with Crippen LogP contribution in [0.1, 0.15) is 16.9 Å². The van der Waals surface area contributed by atoms with Crippen molar-refractivity contribution in [1.82, 2.24) is 9.38 Å². The zero-order chi connectivity index (χ0) is 14.6. The normalized spacial score (nSPS) is 12.8. The van der Waals surface area contributed by atoms with Gasteiger partial charge in [0.05, 0.1) is 17.3 Å². The lowest BCUT2D eigenvalue weighted by Crippen LogP contribution is -2.22. The third-order valence-electron chi connectivity index (χ3n) is 3.67. The third-order valence-corrected chi connectivity index (χ3v) is 4.64. The van der Waals surface area contributed by atoms with E-state index in [1.165, 1.54) is 16.9 Å². The van der Waals surface area contributed by atoms with E-state index in [2.05, 4.69) is 11.9 Å². The molecule has 4 nitrogen and oxygen atoms in total. The molecule has 0 amide bonds. The number of hydrogen-bond acceptors (Lipinski definition) is 4. The number of hydrogen-bond donors (Lipinski definition) is 0. The lowest BCUT2D eigenvalue weighted by Gasteiger charge is -1.98. The van der Waals surface area contributed by atoms with Crippen LogP contribution in [0.4, 0.5) is 0 Å². The molecule has 3 heterocycles. The first-order valence-corrected chi connectivity index (χ1v) is 7.42. The molecular formula is C16H12N2O2S. The molecule has 0 spiro atoms. The van der Waals surface area contributed by atoms with Crippen LogP contribution in [0.5, 0.6) is 0 Å². The number of benzene rings is 1. The molecule has 0 bridgehead atoms. The quantitative estimate of drug-likeness (QED) is 0.542. The van der Waals surface area contributed by atoms with Crippen molar-refractivity contribution in [3.63, 3.8) is 0 Å². The second-order valence-electron chi connectivity index (χ2n) is 5.09. The SMILES string of the molecule is Cc1cc2nc3s/c(=C\c4ccco4)c(=O)n3c2cc1C. The van der Waals surface area contributed by atoms with Crippen LogP contribution >= 0.6 is 11.3 Å². The van der Waals surface area contributed by atoms with E-state index in [9.17, 15) is 4.79 Å². The summed E-state index contributed by atoms with van der Waals surface area (Å²) in [5, 5.41) is 0. The molecule has 4 aromatic rings. The predicted molar refractivity (Wildman–Crippen MR) is 83.8 cm³/mol. The summed E-state index contributed by atoms with van der Waals surface area (Å²) in [4.78, 5) is 17.9. The van der Waals surface area contributed by atoms with Gasteiger partial charge in [-0.15, -0.1) is 0 Å². The Bertz CT molecular complexity index is 1070. The Balaban J connectivity index is 2.09. The maximum Gasteiger partial charge on any atom is 0.275 e. The number of aryl methyl sites for hydroxylation is 2. The smallest absolute Gasteiger partial charge is 0.275 e. The maximum absolute atomic E-state index is 12.6. The molecule has 0 saturated heterocycles. The highest BCUT2D eigenvalue weighted by atomic mass is 32.1. The summed E-state index contributed by atoms with van der Waals surface area (Å²) in [6.45, 7) is 4.09. The van der Waals surface area contributed by atoms with Gasteiger partial charge in [0.15, 0.2) is 4.96 Å². The fraction of sp³-hybridized carbons (Fsp3) is 0.125. The van der Waals surface area contributed by atoms with E-state index >= 15 is 0 Å². The molecule has 0 fully saturated rings. The molecule has 4 rings (SSSR count). The lowest BCUT2D eigenvalue weighted by molar-refractivity contribution is 0.556. The summed E-state index contributed by atoms with van der Waals surface area (Å²) in [7, 11) is 0. The van der Waals surface area contributed by atoms with Crippen LogP contribution in [0.2, 0.25) is 0 Å². The second kappa shape index (κ2) is 4.30. The van der Waals surface area contributed by atoms with Crippen LogP contribution in [0.15, 0.2) is 39.7 Å². The van der Waals surface area contributed by atoms with Crippen LogP contribution < -0.4 is 10.1 Å². The lowest BCUT2D eigenvalue weighted by atomic mass is 10.1. The Morgan fingerprint density at radius 2 is 2.10 bits per heavy atom. The van der Waals surface area contributed by atoms with Crippen LogP contribution in [0, 0.1) is 13.8 Å². The topological polar surface area (TPSA) is 47.5 Å². The number of imidazole rings is 1. The van der Waals surface area contributed by atoms with Gasteiger partial charge in [0.1, 0.15) is 10.3 Å². The first kappa shape index (κ1) is 12.3. The fourth-order valence-corrected chi connectivity index (χ4v) is 3.39. The first-order valence-electron chi connectivity index (χ1n) is 6.61. The average Bonchev–Trinajstić information content (AvgIpc) is 3.12. The monoisotopic (exact) mass is 296 g/mol. The largest absolute Gasteiger partial charge is 0.465 e. The number of fused-ring (bicyclic) bond motifs is 3. The zero-order valence-electron chi connectivity index (χ0n) is 11.6. The van der Waals surface area contributed by atoms with E-state index < -0.39 is 0 Å². The van der Waals surface area contributed by atoms with Gasteiger partial charge in [-0.3, -0.25) is 4.79 Å². The molecule has 5 heteroatoms. The van der Waals surface area contributed by atoms with Crippen molar-refractivity contribution in [2.75, 3.05) is 0 Å². The van der Waals surface area contributed by atoms with Gasteiger partial charge in [0, 0.05) is 6.08 Å². The Morgan fingerprint density at radius 1 is 1.29 bits per heavy atom. The number of thiazole rings is 1. The predicted octanol–water partition coefficient (Wildman–Crippen LogP) is 2.67. The van der Waals surface area contributed by atoms with Crippen LogP contribution in [0.25, 0.3) is 22.1 Å². The summed E-state index contributed by atoms with van der Waals surface area (Å²) in [5.74, 6) is 0.674. The van der Waals surface area contributed by atoms with E-state index in [1.54, 1.807) is 22.8 Å². The molecule has 1 aromatic carbocycles. The standard InChI is InChI=1S/C16H12N2O2S/c1-9-6-12-13(7-10(9)2)18-15(19)14(21-16(18)17-12)8-11-4-3-5-20-11/h3-8H,1-2H3/b14-8-. The van der Waals surface area contributed by atoms with Gasteiger partial charge >= 0.3 is 0 Å². The molecule has 0 saturated carbocycles. The van der Waals surface area contributed by atoms with E-state index in [4.69, 9.17) is 4.42 Å². The Morgan fingerprint density at radius 3 is 2.86 bits per heavy atom. The number of rotatable bonds is 1. The number of nitrogens with zero attached hydrogens (tertiary/aromatic N) is 2. The molecule has 0 aliphatic carbocycles. The van der Waals surface area contributed by atoms with Crippen LogP contribution in [-0.4, -0.2) is 9.38 Å². The molecule has 0 N–H and O–H groups in total. The van der Waals surface area contributed by atoms with Gasteiger partial charge in [0.25, 0.3) is 5.56 Å². The van der Waals surface area contributed by atoms with Crippen molar-refractivity contribution in [2.45, 2.75) is 13.8 Å². The van der Waals surface area contributed by atoms with Crippen LogP contribution in [-0.2, 0) is 0 Å². The summed E-state index contributed by atoms with van der Waals surface area (Å²) in [6.07, 6.45) is 3.35. The summed E-state index contributed by atoms with van der Waals surface area (Å²) in [6, 6.07) is 7.68. The Hall–Kier alpha value is -2.40. The molecule has 0 aliphatic heterocycles. The molecule has 21 heavy (non-hydrogen) atoms. The number of furan rings is 1. The van der Waals surface area contributed by atoms with Crippen molar-refractivity contribution in [2.24, 2.45) is 0 Å². The maximum atomic E-state index is 12.6. The van der Waals surface area contributed by atoms with E-state index in [0.29, 0.717) is 10.3 Å². The van der Waals surface area contributed by atoms with Crippen molar-refractivity contribution < 1.29 is 4.42 Å². The molecule has 0 radical (unpaired) electrons. The highest BCUT2D eigenvalue weighted by Gasteiger charge is 2.12. The second-order valence-corrected chi connectivity index (χ2v) is 6.10. The molecular weight excluding hydrogens is 284 g/mol. The zero-order valence-corrected chi connectivity index (χ0v) is 12.4. The summed E-state index contributed by atoms with van der Waals surface area (Å²) < 4.78 is 7.58. The van der Waals surface area contributed by atoms with Gasteiger partial charge < -0.3 is 4.42 Å². The van der Waals surface area contributed by atoms with Crippen molar-refractivity contribution in [3.05, 3.63) is 62.3 Å². The van der Waals surface area contributed by atoms with Gasteiger partial charge in [0.2, 0.25) is 0 Å². The summed E-state index contributed by atoms with van der Waals surface area (Å²) in [5.41, 5.74) is 4.03. The van der Waals surface area contributed by atoms with Gasteiger partial charge in [-0.05, 0) is 49.2 Å².